The molecule has 0 aromatic carbocycles. The molecule has 0 N–H and O–H groups in total. The summed E-state index contributed by atoms with van der Waals surface area (Å²) >= 11 is 0. The Hall–Kier alpha value is 2.27. The Balaban J connectivity index is -0.000000125. The van der Waals surface area contributed by atoms with E-state index in [1.807, 2.05) is 6.92 Å². The van der Waals surface area contributed by atoms with E-state index in [9.17, 15) is 4.79 Å². The first-order valence-electron chi connectivity index (χ1n) is 1.93. The number of hydrogen-bond acceptors (Lipinski definition) is 2. The second kappa shape index (κ2) is 16.1. The maximum atomic E-state index is 9.44. The van der Waals surface area contributed by atoms with Crippen LogP contribution in [-0.2, 0) is 9.53 Å². The average Bonchev–Trinajstić information content (AvgIpc) is 1.61. The summed E-state index contributed by atoms with van der Waals surface area (Å²) in [5, 5.41) is 0. The van der Waals surface area contributed by atoms with Crippen LogP contribution >= 0.6 is 0 Å². The predicted molar refractivity (Wildman–Crippen MR) is 36.9 cm³/mol. The van der Waals surface area contributed by atoms with Crippen LogP contribution in [0.5, 0.6) is 0 Å². The Kier molecular flexibility index (Phi) is 33.7. The van der Waals surface area contributed by atoms with Gasteiger partial charge in [0.1, 0.15) is 12.9 Å². The first kappa shape index (κ1) is 16.7. The van der Waals surface area contributed by atoms with Crippen LogP contribution in [0.3, 0.4) is 0 Å². The van der Waals surface area contributed by atoms with E-state index < -0.39 is 0 Å². The number of hydrogen-bond donors (Lipinski definition) is 0. The fourth-order valence-corrected chi connectivity index (χ4v) is 0.166. The van der Waals surface area contributed by atoms with Gasteiger partial charge in [-0.05, 0) is 6.92 Å². The van der Waals surface area contributed by atoms with Gasteiger partial charge in [0.05, 0.1) is 0 Å². The molecule has 0 rings (SSSR count). The van der Waals surface area contributed by atoms with Crippen molar-refractivity contribution in [1.29, 1.82) is 0 Å². The number of aldehydes is 1. The van der Waals surface area contributed by atoms with Gasteiger partial charge in [-0.1, -0.05) is 0 Å². The molecule has 0 fully saturated rings. The van der Waals surface area contributed by atoms with Gasteiger partial charge in [-0.2, -0.15) is 0 Å². The zero-order chi connectivity index (χ0) is 4.83. The van der Waals surface area contributed by atoms with Crippen LogP contribution in [0, 0.1) is 0 Å². The van der Waals surface area contributed by atoms with Crippen LogP contribution in [0.4, 0.5) is 0 Å². The van der Waals surface area contributed by atoms with Crippen molar-refractivity contribution in [2.45, 2.75) is 6.92 Å². The Morgan fingerprint density at radius 2 is 2.12 bits per heavy atom. The van der Waals surface area contributed by atoms with E-state index in [4.69, 9.17) is 0 Å². The quantitative estimate of drug-likeness (QED) is 0.292. The van der Waals surface area contributed by atoms with Crippen molar-refractivity contribution in [1.82, 2.24) is 0 Å². The molecular weight excluding hydrogens is 142 g/mol. The van der Waals surface area contributed by atoms with Gasteiger partial charge < -0.3 is 9.53 Å². The zero-order valence-corrected chi connectivity index (χ0v) is 3.81. The zero-order valence-electron chi connectivity index (χ0n) is 3.81. The Labute approximate surface area is 114 Å². The topological polar surface area (TPSA) is 26.3 Å². The molecule has 0 aliphatic heterocycles. The van der Waals surface area contributed by atoms with Gasteiger partial charge in [0, 0.05) is 6.61 Å². The fraction of sp³-hybridized carbons (Fsp3) is 0.750. The van der Waals surface area contributed by atoms with Crippen molar-refractivity contribution in [3.63, 3.8) is 0 Å². The van der Waals surface area contributed by atoms with E-state index in [-0.39, 0.29) is 87.5 Å². The molecule has 2 nitrogen and oxygen atoms in total. The molecule has 0 saturated carbocycles. The van der Waals surface area contributed by atoms with Crippen molar-refractivity contribution in [3.05, 3.63) is 0 Å². The molecule has 0 radical (unpaired) electrons. The molecule has 0 aliphatic rings. The minimum absolute atomic E-state index is 0. The summed E-state index contributed by atoms with van der Waals surface area (Å²) in [5.74, 6) is 0. The van der Waals surface area contributed by atoms with Crippen LogP contribution in [0.15, 0.2) is 0 Å². The van der Waals surface area contributed by atoms with Gasteiger partial charge in [-0.25, -0.2) is 0 Å². The number of carbonyl (C=O) groups excluding carboxylic acids is 1. The standard InChI is InChI=1S/C4H8O2.K.Na.2H/c1-2-6-4-3-5;;;;/h3H,2,4H2,1H3;;;;. The Bertz CT molecular complexity index is 43.0. The first-order chi connectivity index (χ1) is 2.91. The van der Waals surface area contributed by atoms with Gasteiger partial charge in [-0.15, -0.1) is 0 Å². The van der Waals surface area contributed by atoms with Gasteiger partial charge in [0.15, 0.2) is 0 Å². The van der Waals surface area contributed by atoms with Crippen LogP contribution in [-0.4, -0.2) is 100 Å². The molecule has 40 valence electrons. The van der Waals surface area contributed by atoms with Gasteiger partial charge in [0.2, 0.25) is 0 Å². The molecule has 8 heavy (non-hydrogen) atoms. The van der Waals surface area contributed by atoms with Crippen LogP contribution < -0.4 is 0 Å². The van der Waals surface area contributed by atoms with Gasteiger partial charge in [-0.3, -0.25) is 0 Å². The van der Waals surface area contributed by atoms with E-state index in [0.29, 0.717) is 6.61 Å². The third kappa shape index (κ3) is 15.7. The summed E-state index contributed by atoms with van der Waals surface area (Å²) < 4.78 is 4.61. The molecule has 0 aromatic rings. The first-order valence-corrected chi connectivity index (χ1v) is 1.93. The molecule has 0 saturated heterocycles. The summed E-state index contributed by atoms with van der Waals surface area (Å²) in [4.78, 5) is 9.44. The molecule has 0 spiro atoms. The second-order valence-electron chi connectivity index (χ2n) is 0.826. The number of rotatable bonds is 3. The van der Waals surface area contributed by atoms with Crippen molar-refractivity contribution in [3.8, 4) is 0 Å². The molecule has 4 heteroatoms. The summed E-state index contributed by atoms with van der Waals surface area (Å²) in [7, 11) is 0. The third-order valence-electron chi connectivity index (χ3n) is 0.390. The molecular formula is C4H10KNaO2. The molecule has 0 heterocycles. The monoisotopic (exact) mass is 152 g/mol. The summed E-state index contributed by atoms with van der Waals surface area (Å²) in [6.45, 7) is 2.71. The molecule has 0 unspecified atom stereocenters. The van der Waals surface area contributed by atoms with E-state index in [0.717, 1.165) is 6.29 Å². The van der Waals surface area contributed by atoms with E-state index in [1.54, 1.807) is 0 Å². The summed E-state index contributed by atoms with van der Waals surface area (Å²) in [5.41, 5.74) is 0. The number of carbonyl (C=O) groups is 1. The van der Waals surface area contributed by atoms with Crippen molar-refractivity contribution in [2.75, 3.05) is 13.2 Å². The Morgan fingerprint density at radius 1 is 1.62 bits per heavy atom. The summed E-state index contributed by atoms with van der Waals surface area (Å²) in [6.07, 6.45) is 0.740. The van der Waals surface area contributed by atoms with Crippen molar-refractivity contribution >= 4 is 87.2 Å². The average molecular weight is 152 g/mol. The molecule has 0 atom stereocenters. The SMILES string of the molecule is CCOCC=O.[KH].[NaH]. The van der Waals surface area contributed by atoms with Gasteiger partial charge >= 0.3 is 80.9 Å². The van der Waals surface area contributed by atoms with Gasteiger partial charge in [0.25, 0.3) is 0 Å². The summed E-state index contributed by atoms with van der Waals surface area (Å²) in [6, 6.07) is 0. The van der Waals surface area contributed by atoms with Crippen molar-refractivity contribution in [2.24, 2.45) is 0 Å². The molecule has 0 aliphatic carbocycles. The number of ether oxygens (including phenoxy) is 1. The van der Waals surface area contributed by atoms with E-state index >= 15 is 0 Å². The Morgan fingerprint density at radius 3 is 2.25 bits per heavy atom. The van der Waals surface area contributed by atoms with Crippen LogP contribution in [0.1, 0.15) is 6.92 Å². The molecule has 0 aromatic heterocycles. The van der Waals surface area contributed by atoms with Crippen LogP contribution in [0.2, 0.25) is 0 Å². The van der Waals surface area contributed by atoms with E-state index in [2.05, 4.69) is 4.74 Å². The predicted octanol–water partition coefficient (Wildman–Crippen LogP) is -1.08. The second-order valence-corrected chi connectivity index (χ2v) is 0.826. The van der Waals surface area contributed by atoms with Crippen LogP contribution in [0.25, 0.3) is 0 Å². The molecule has 0 amide bonds. The van der Waals surface area contributed by atoms with E-state index in [1.165, 1.54) is 0 Å². The minimum atomic E-state index is 0. The fourth-order valence-electron chi connectivity index (χ4n) is 0.166. The normalized spacial score (nSPS) is 6.12. The molecule has 0 bridgehead atoms. The third-order valence-corrected chi connectivity index (χ3v) is 0.390. The maximum absolute atomic E-state index is 9.44. The van der Waals surface area contributed by atoms with Crippen molar-refractivity contribution < 1.29 is 9.53 Å².